The summed E-state index contributed by atoms with van der Waals surface area (Å²) >= 11 is 0. The van der Waals surface area contributed by atoms with Gasteiger partial charge in [0.1, 0.15) is 17.3 Å². The van der Waals surface area contributed by atoms with Gasteiger partial charge in [-0.3, -0.25) is 14.6 Å². The molecular weight excluding hydrogens is 309 g/mol. The summed E-state index contributed by atoms with van der Waals surface area (Å²) in [4.78, 5) is 27.9. The molecule has 1 N–H and O–H groups in total. The first-order chi connectivity index (χ1) is 10.9. The Labute approximate surface area is 129 Å². The molecule has 1 aliphatic carbocycles. The molecule has 1 aromatic heterocycles. The number of fused-ring (bicyclic) bond motifs is 1. The summed E-state index contributed by atoms with van der Waals surface area (Å²) in [5, 5.41) is 2.11. The second kappa shape index (κ2) is 5.49. The molecule has 4 nitrogen and oxygen atoms in total. The Bertz CT molecular complexity index is 810. The lowest BCUT2D eigenvalue weighted by molar-refractivity contribution is -0.128. The highest BCUT2D eigenvalue weighted by molar-refractivity contribution is 6.04. The number of benzene rings is 1. The third-order valence-corrected chi connectivity index (χ3v) is 3.73. The average molecular weight is 320 g/mol. The lowest BCUT2D eigenvalue weighted by atomic mass is 9.81. The molecule has 1 amide bonds. The van der Waals surface area contributed by atoms with E-state index in [4.69, 9.17) is 0 Å². The normalized spacial score (nSPS) is 20.0. The average Bonchev–Trinajstić information content (AvgIpc) is 2.54. The van der Waals surface area contributed by atoms with E-state index in [9.17, 15) is 18.4 Å². The molecule has 3 rings (SSSR count). The van der Waals surface area contributed by atoms with Crippen molar-refractivity contribution in [2.45, 2.75) is 18.5 Å². The van der Waals surface area contributed by atoms with Crippen molar-refractivity contribution >= 4 is 17.4 Å². The van der Waals surface area contributed by atoms with Gasteiger partial charge in [0, 0.05) is 30.7 Å². The van der Waals surface area contributed by atoms with Crippen molar-refractivity contribution in [3.8, 4) is 0 Å². The first-order valence-electron chi connectivity index (χ1n) is 6.86. The number of aromatic nitrogens is 1. The molecule has 0 spiro atoms. The predicted octanol–water partition coefficient (Wildman–Crippen LogP) is 3.14. The summed E-state index contributed by atoms with van der Waals surface area (Å²) in [6.07, 6.45) is 0.791. The van der Waals surface area contributed by atoms with Crippen LogP contribution < -0.4 is 5.32 Å². The number of anilines is 1. The van der Waals surface area contributed by atoms with Crippen LogP contribution in [0, 0.1) is 11.6 Å². The molecule has 1 atom stereocenters. The van der Waals surface area contributed by atoms with Crippen LogP contribution in [-0.4, -0.2) is 16.7 Å². The van der Waals surface area contributed by atoms with Gasteiger partial charge in [0.05, 0.1) is 5.69 Å². The predicted molar refractivity (Wildman–Crippen MR) is 75.6 cm³/mol. The number of hydrogen-bond acceptors (Lipinski definition) is 3. The molecule has 0 bridgehead atoms. The van der Waals surface area contributed by atoms with E-state index in [1.165, 1.54) is 18.3 Å². The second-order valence-electron chi connectivity index (χ2n) is 5.20. The molecular formula is C16H11F3N2O2. The highest BCUT2D eigenvalue weighted by atomic mass is 19.1. The monoisotopic (exact) mass is 320 g/mol. The molecule has 1 aliphatic rings. The number of ketones is 1. The van der Waals surface area contributed by atoms with Gasteiger partial charge in [-0.2, -0.15) is 0 Å². The topological polar surface area (TPSA) is 59.1 Å². The highest BCUT2D eigenvalue weighted by Gasteiger charge is 2.47. The highest BCUT2D eigenvalue weighted by Crippen LogP contribution is 2.39. The molecule has 0 unspecified atom stereocenters. The minimum absolute atomic E-state index is 0.101. The molecule has 0 saturated carbocycles. The fourth-order valence-corrected chi connectivity index (χ4v) is 2.53. The summed E-state index contributed by atoms with van der Waals surface area (Å²) in [7, 11) is 0. The first kappa shape index (κ1) is 15.2. The van der Waals surface area contributed by atoms with Crippen LogP contribution in [0.1, 0.15) is 28.9 Å². The van der Waals surface area contributed by atoms with Crippen LogP contribution in [0.25, 0.3) is 0 Å². The van der Waals surface area contributed by atoms with Crippen LogP contribution >= 0.6 is 0 Å². The number of alkyl halides is 1. The number of amides is 1. The maximum atomic E-state index is 15.2. The van der Waals surface area contributed by atoms with Crippen molar-refractivity contribution in [1.29, 1.82) is 0 Å². The van der Waals surface area contributed by atoms with Crippen LogP contribution in [0.2, 0.25) is 0 Å². The summed E-state index contributed by atoms with van der Waals surface area (Å²) < 4.78 is 41.7. The van der Waals surface area contributed by atoms with Crippen molar-refractivity contribution in [2.75, 3.05) is 5.32 Å². The van der Waals surface area contributed by atoms with E-state index in [0.29, 0.717) is 6.07 Å². The van der Waals surface area contributed by atoms with Crippen molar-refractivity contribution in [3.05, 3.63) is 59.4 Å². The van der Waals surface area contributed by atoms with Crippen molar-refractivity contribution in [3.63, 3.8) is 0 Å². The number of nitrogens with one attached hydrogen (secondary N) is 1. The molecule has 1 aromatic carbocycles. The molecule has 2 aromatic rings. The summed E-state index contributed by atoms with van der Waals surface area (Å²) in [5.74, 6) is -3.30. The molecule has 0 aliphatic heterocycles. The van der Waals surface area contributed by atoms with E-state index >= 15 is 4.39 Å². The minimum Gasteiger partial charge on any atom is -0.320 e. The molecule has 0 radical (unpaired) electrons. The Kier molecular flexibility index (Phi) is 3.63. The number of halogens is 3. The molecule has 23 heavy (non-hydrogen) atoms. The van der Waals surface area contributed by atoms with Gasteiger partial charge in [-0.1, -0.05) is 6.07 Å². The molecule has 0 saturated heterocycles. The molecule has 7 heteroatoms. The summed E-state index contributed by atoms with van der Waals surface area (Å²) in [5.41, 5.74) is -3.08. The van der Waals surface area contributed by atoms with Crippen LogP contribution in [-0.2, 0) is 10.5 Å². The molecule has 0 fully saturated rings. The van der Waals surface area contributed by atoms with Gasteiger partial charge in [0.15, 0.2) is 5.78 Å². The first-order valence-corrected chi connectivity index (χ1v) is 6.86. The Morgan fingerprint density at radius 1 is 1.26 bits per heavy atom. The van der Waals surface area contributed by atoms with Gasteiger partial charge in [0.2, 0.25) is 5.67 Å². The number of carbonyl (C=O) groups excluding carboxylic acids is 2. The van der Waals surface area contributed by atoms with Crippen LogP contribution in [0.4, 0.5) is 18.9 Å². The van der Waals surface area contributed by atoms with Crippen LogP contribution in [0.5, 0.6) is 0 Å². The van der Waals surface area contributed by atoms with Crippen molar-refractivity contribution in [1.82, 2.24) is 4.98 Å². The Morgan fingerprint density at radius 3 is 2.78 bits per heavy atom. The van der Waals surface area contributed by atoms with E-state index in [-0.39, 0.29) is 35.6 Å². The number of pyridine rings is 1. The minimum atomic E-state index is -2.50. The van der Waals surface area contributed by atoms with Gasteiger partial charge < -0.3 is 5.32 Å². The fraction of sp³-hybridized carbons (Fsp3) is 0.188. The summed E-state index contributed by atoms with van der Waals surface area (Å²) in [6.45, 7) is 0. The third kappa shape index (κ3) is 2.58. The van der Waals surface area contributed by atoms with Crippen molar-refractivity contribution in [2.24, 2.45) is 0 Å². The zero-order valence-electron chi connectivity index (χ0n) is 11.8. The summed E-state index contributed by atoms with van der Waals surface area (Å²) in [6, 6.07) is 5.26. The van der Waals surface area contributed by atoms with Crippen LogP contribution in [0.15, 0.2) is 36.5 Å². The Morgan fingerprint density at radius 2 is 2.04 bits per heavy atom. The van der Waals surface area contributed by atoms with Gasteiger partial charge in [-0.25, -0.2) is 13.2 Å². The largest absolute Gasteiger partial charge is 0.320 e. The third-order valence-electron chi connectivity index (χ3n) is 3.73. The van der Waals surface area contributed by atoms with Gasteiger partial charge in [0.25, 0.3) is 5.91 Å². The van der Waals surface area contributed by atoms with E-state index < -0.39 is 23.2 Å². The van der Waals surface area contributed by atoms with Gasteiger partial charge >= 0.3 is 0 Å². The lowest BCUT2D eigenvalue weighted by Gasteiger charge is -2.29. The number of nitrogens with zero attached hydrogens (tertiary/aromatic N) is 1. The number of carbonyl (C=O) groups is 2. The quantitative estimate of drug-likeness (QED) is 0.925. The van der Waals surface area contributed by atoms with Crippen LogP contribution in [0.3, 0.4) is 0 Å². The van der Waals surface area contributed by atoms with E-state index in [0.717, 1.165) is 12.1 Å². The van der Waals surface area contributed by atoms with Gasteiger partial charge in [-0.05, 0) is 18.2 Å². The van der Waals surface area contributed by atoms with Crippen molar-refractivity contribution < 1.29 is 22.8 Å². The number of hydrogen-bond donors (Lipinski definition) is 1. The van der Waals surface area contributed by atoms with E-state index in [1.807, 2.05) is 0 Å². The van der Waals surface area contributed by atoms with E-state index in [2.05, 4.69) is 10.3 Å². The maximum Gasteiger partial charge on any atom is 0.266 e. The second-order valence-corrected chi connectivity index (χ2v) is 5.20. The maximum absolute atomic E-state index is 15.2. The smallest absolute Gasteiger partial charge is 0.266 e. The zero-order chi connectivity index (χ0) is 16.6. The van der Waals surface area contributed by atoms with Gasteiger partial charge in [-0.15, -0.1) is 0 Å². The SMILES string of the molecule is O=C1CC[C@@](F)(C(=O)Nc2ccc(F)cc2F)c2cccnc21. The number of Topliss-reactive ketones (excluding diaryl/α,β-unsaturated/α-hetero) is 1. The standard InChI is InChI=1S/C16H11F3N2O2/c17-9-3-4-12(11(18)8-9)21-15(23)16(19)6-5-13(22)14-10(16)2-1-7-20-14/h1-4,7-8H,5-6H2,(H,21,23)/t16-/m0/s1. The number of rotatable bonds is 2. The molecule has 118 valence electrons. The molecule has 1 heterocycles. The zero-order valence-corrected chi connectivity index (χ0v) is 11.8. The fourth-order valence-electron chi connectivity index (χ4n) is 2.53. The lowest BCUT2D eigenvalue weighted by Crippen LogP contribution is -2.41. The Balaban J connectivity index is 1.96. The Hall–Kier alpha value is -2.70. The van der Waals surface area contributed by atoms with E-state index in [1.54, 1.807) is 0 Å².